The first-order valence-corrected chi connectivity index (χ1v) is 29.2. The molecule has 0 bridgehead atoms. The van der Waals surface area contributed by atoms with Crippen molar-refractivity contribution in [1.82, 2.24) is 39.6 Å². The number of aromatic hydroxyl groups is 1. The minimum absolute atomic E-state index is 0.00682. The minimum Gasteiger partial charge on any atom is -0.507 e. The van der Waals surface area contributed by atoms with E-state index < -0.39 is 71.8 Å². The normalized spacial score (nSPS) is 19.9. The summed E-state index contributed by atoms with van der Waals surface area (Å²) in [6.45, 7) is 5.42. The molecular weight excluding hydrogens is 1060 g/mol. The lowest BCUT2D eigenvalue weighted by Gasteiger charge is -2.29. The van der Waals surface area contributed by atoms with Gasteiger partial charge >= 0.3 is 0 Å². The molecule has 10 N–H and O–H groups in total. The molecule has 2 aliphatic heterocycles. The van der Waals surface area contributed by atoms with Gasteiger partial charge in [0.1, 0.15) is 34.3 Å². The van der Waals surface area contributed by atoms with Crippen LogP contribution < -0.4 is 41.6 Å². The number of alkyl halides is 1. The van der Waals surface area contributed by atoms with E-state index in [1.54, 1.807) is 0 Å². The van der Waals surface area contributed by atoms with Crippen LogP contribution in [0.3, 0.4) is 0 Å². The average molecular weight is 1130 g/mol. The molecule has 0 radical (unpaired) electrons. The van der Waals surface area contributed by atoms with E-state index in [1.165, 1.54) is 52.1 Å². The Bertz CT molecular complexity index is 2830. The van der Waals surface area contributed by atoms with E-state index >= 15 is 0 Å². The molecule has 0 atom stereocenters. The highest BCUT2D eigenvalue weighted by atomic mass is 35.5. The molecule has 2 saturated carbocycles. The van der Waals surface area contributed by atoms with Crippen LogP contribution in [0.1, 0.15) is 122 Å². The summed E-state index contributed by atoms with van der Waals surface area (Å²) < 4.78 is 115. The number of nitrogen functional groups attached to an aromatic ring is 2. The van der Waals surface area contributed by atoms with E-state index in [9.17, 15) is 49.1 Å². The van der Waals surface area contributed by atoms with E-state index in [1.807, 2.05) is 0 Å². The van der Waals surface area contributed by atoms with Crippen LogP contribution >= 0.6 is 11.6 Å². The molecule has 2 saturated heterocycles. The van der Waals surface area contributed by atoms with Crippen molar-refractivity contribution >= 4 is 66.7 Å². The van der Waals surface area contributed by atoms with E-state index in [0.717, 1.165) is 44.0 Å². The number of benzene rings is 2. The van der Waals surface area contributed by atoms with Crippen molar-refractivity contribution in [3.8, 4) is 11.5 Å². The van der Waals surface area contributed by atoms with Crippen molar-refractivity contribution in [2.75, 3.05) is 79.3 Å². The second-order valence-corrected chi connectivity index (χ2v) is 23.1. The summed E-state index contributed by atoms with van der Waals surface area (Å²) in [7, 11) is -5.46. The number of phenols is 1. The number of sulfonamides is 2. The zero-order valence-corrected chi connectivity index (χ0v) is 44.6. The molecule has 20 nitrogen and oxygen atoms in total. The van der Waals surface area contributed by atoms with E-state index in [2.05, 4.69) is 50.2 Å². The molecular formula is C49H67ClF4N12O8S2. The fourth-order valence-corrected chi connectivity index (χ4v) is 12.3. The molecule has 2 aromatic carbocycles. The summed E-state index contributed by atoms with van der Waals surface area (Å²) in [5.41, 5.74) is 9.91. The van der Waals surface area contributed by atoms with Gasteiger partial charge in [-0.15, -0.1) is 11.6 Å². The van der Waals surface area contributed by atoms with E-state index in [0.29, 0.717) is 70.3 Å². The molecule has 76 heavy (non-hydrogen) atoms. The van der Waals surface area contributed by atoms with E-state index in [4.69, 9.17) is 27.8 Å². The number of carbonyl (C=O) groups excluding carboxylic acids is 2. The fraction of sp³-hybridized carbons (Fsp3) is 0.551. The first-order chi connectivity index (χ1) is 36.3. The Hall–Kier alpha value is -5.51. The summed E-state index contributed by atoms with van der Waals surface area (Å²) in [5, 5.41) is 19.2. The second-order valence-electron chi connectivity index (χ2n) is 19.0. The standard InChI is InChI=1S/C25H34F2N6O4S.C20H24ClF2N5O4S.C4H9N/c1-37-20-10-9-19(26)22(27)21(20)23(34)18-15-29-25(31-24(18)28)30-16-5-7-17(8-6-16)32-38(35,36)14-4-13-33-11-2-3-12-33;21-8-1-9-33(31,32)28-12-4-2-11(3-5-12)26-20-25-10-13(19(24)27-20)18(30)16-15(29)7-6-14(22)17(16)23;1-2-4-5-3-1/h9-10,15-17,32H,2-8,11-14H2,1H3,(H3,28,29,30,31);6-7,10-12,28-29H,1-5,8-9H2,(H3,24,25,26,27);5H,1-4H2. The highest BCUT2D eigenvalue weighted by Crippen LogP contribution is 2.30. The van der Waals surface area contributed by atoms with Gasteiger partial charge in [0, 0.05) is 42.4 Å². The number of ether oxygens (including phenoxy) is 1. The lowest BCUT2D eigenvalue weighted by Crippen LogP contribution is -2.41. The van der Waals surface area contributed by atoms with Crippen LogP contribution in [0.4, 0.5) is 41.1 Å². The van der Waals surface area contributed by atoms with Crippen LogP contribution in [0.25, 0.3) is 0 Å². The molecule has 2 aliphatic carbocycles. The van der Waals surface area contributed by atoms with Crippen LogP contribution in [-0.4, -0.2) is 140 Å². The van der Waals surface area contributed by atoms with E-state index in [-0.39, 0.29) is 82.0 Å². The first-order valence-electron chi connectivity index (χ1n) is 25.3. The van der Waals surface area contributed by atoms with Gasteiger partial charge in [0.05, 0.1) is 29.7 Å². The van der Waals surface area contributed by atoms with Gasteiger partial charge in [-0.2, -0.15) is 9.97 Å². The van der Waals surface area contributed by atoms with Crippen molar-refractivity contribution in [3.05, 3.63) is 82.2 Å². The Labute approximate surface area is 445 Å². The SMILES string of the molecule is C1CCNC1.COc1ccc(F)c(F)c1C(=O)c1cnc(NC2CCC(NS(=O)(=O)CCCN3CCCC3)CC2)nc1N.Nc1nc(NC2CCC(NS(=O)(=O)CCCCl)CC2)ncc1C(=O)c1c(O)ccc(F)c1F. The number of hydrogen-bond donors (Lipinski definition) is 8. The zero-order valence-electron chi connectivity index (χ0n) is 42.2. The Morgan fingerprint density at radius 3 is 1.59 bits per heavy atom. The largest absolute Gasteiger partial charge is 0.507 e. The number of rotatable bonds is 20. The molecule has 2 aromatic heterocycles. The monoisotopic (exact) mass is 1130 g/mol. The van der Waals surface area contributed by atoms with Gasteiger partial charge in [-0.05, 0) is 147 Å². The summed E-state index contributed by atoms with van der Waals surface area (Å²) in [6, 6.07) is 3.26. The molecule has 4 heterocycles. The van der Waals surface area contributed by atoms with Gasteiger partial charge in [0.2, 0.25) is 43.5 Å². The number of likely N-dealkylation sites (tertiary alicyclic amines) is 1. The van der Waals surface area contributed by atoms with Crippen molar-refractivity contribution in [1.29, 1.82) is 0 Å². The quantitative estimate of drug-likeness (QED) is 0.0303. The van der Waals surface area contributed by atoms with Crippen molar-refractivity contribution in [2.45, 2.75) is 114 Å². The van der Waals surface area contributed by atoms with Gasteiger partial charge in [0.25, 0.3) is 0 Å². The Kier molecular flexibility index (Phi) is 22.2. The van der Waals surface area contributed by atoms with Gasteiger partial charge in [-0.1, -0.05) is 0 Å². The number of aromatic nitrogens is 4. The van der Waals surface area contributed by atoms with Crippen molar-refractivity contribution < 1.29 is 53.8 Å². The summed E-state index contributed by atoms with van der Waals surface area (Å²) in [4.78, 5) is 44.1. The third-order valence-electron chi connectivity index (χ3n) is 13.3. The Balaban J connectivity index is 0.000000227. The zero-order chi connectivity index (χ0) is 55.0. The minimum atomic E-state index is -3.37. The van der Waals surface area contributed by atoms with Gasteiger partial charge < -0.3 is 42.2 Å². The number of hydrogen-bond acceptors (Lipinski definition) is 18. The average Bonchev–Trinajstić information content (AvgIpc) is 4.16. The van der Waals surface area contributed by atoms with Crippen LogP contribution in [0.2, 0.25) is 0 Å². The smallest absolute Gasteiger partial charge is 0.224 e. The maximum atomic E-state index is 14.4. The maximum absolute atomic E-state index is 14.4. The first kappa shape index (κ1) is 59.7. The predicted octanol–water partition coefficient (Wildman–Crippen LogP) is 5.62. The van der Waals surface area contributed by atoms with Crippen LogP contribution in [0, 0.1) is 23.3 Å². The maximum Gasteiger partial charge on any atom is 0.224 e. The Morgan fingerprint density at radius 2 is 1.14 bits per heavy atom. The number of methoxy groups -OCH3 is 1. The number of nitrogens with two attached hydrogens (primary N) is 2. The highest BCUT2D eigenvalue weighted by Gasteiger charge is 2.30. The van der Waals surface area contributed by atoms with Gasteiger partial charge in [0.15, 0.2) is 23.3 Å². The van der Waals surface area contributed by atoms with Crippen LogP contribution in [0.5, 0.6) is 11.5 Å². The molecule has 4 aromatic rings. The molecule has 0 spiro atoms. The molecule has 4 fully saturated rings. The highest BCUT2D eigenvalue weighted by molar-refractivity contribution is 7.89. The lowest BCUT2D eigenvalue weighted by molar-refractivity contribution is 0.102. The number of ketones is 2. The number of anilines is 4. The van der Waals surface area contributed by atoms with Crippen LogP contribution in [-0.2, 0) is 20.0 Å². The molecule has 8 rings (SSSR count). The molecule has 0 unspecified atom stereocenters. The van der Waals surface area contributed by atoms with Gasteiger partial charge in [-0.3, -0.25) is 9.59 Å². The Morgan fingerprint density at radius 1 is 0.697 bits per heavy atom. The number of nitrogens with one attached hydrogen (secondary N) is 5. The molecule has 27 heteroatoms. The summed E-state index contributed by atoms with van der Waals surface area (Å²) >= 11 is 5.55. The van der Waals surface area contributed by atoms with Crippen LogP contribution in [0.15, 0.2) is 36.7 Å². The summed E-state index contributed by atoms with van der Waals surface area (Å²) in [6.07, 6.45) is 13.6. The number of halogens is 5. The second kappa shape index (κ2) is 28.2. The number of phenolic OH excluding ortho intramolecular Hbond substituents is 1. The predicted molar refractivity (Wildman–Crippen MR) is 282 cm³/mol. The fourth-order valence-electron chi connectivity index (χ4n) is 9.28. The molecule has 0 amide bonds. The molecule has 418 valence electrons. The number of carbonyl (C=O) groups is 2. The molecule has 4 aliphatic rings. The summed E-state index contributed by atoms with van der Waals surface area (Å²) in [5.74, 6) is -7.81. The van der Waals surface area contributed by atoms with Crippen molar-refractivity contribution in [2.24, 2.45) is 0 Å². The lowest BCUT2D eigenvalue weighted by atomic mass is 9.92. The van der Waals surface area contributed by atoms with Crippen molar-refractivity contribution in [3.63, 3.8) is 0 Å². The third kappa shape index (κ3) is 17.2. The third-order valence-corrected chi connectivity index (χ3v) is 16.6. The topological polar surface area (TPSA) is 299 Å². The van der Waals surface area contributed by atoms with Gasteiger partial charge in [-0.25, -0.2) is 53.8 Å². The number of nitrogens with zero attached hydrogens (tertiary/aromatic N) is 5.